The molecule has 0 aliphatic heterocycles. The number of carboxylic acids is 1. The van der Waals surface area contributed by atoms with Crippen molar-refractivity contribution in [1.29, 1.82) is 0 Å². The Morgan fingerprint density at radius 1 is 1.22 bits per heavy atom. The average Bonchev–Trinajstić information content (AvgIpc) is 2.51. The molecule has 1 unspecified atom stereocenters. The molecule has 0 radical (unpaired) electrons. The van der Waals surface area contributed by atoms with Gasteiger partial charge in [0.05, 0.1) is 0 Å². The number of nitrogens with one attached hydrogen (secondary N) is 2. The summed E-state index contributed by atoms with van der Waals surface area (Å²) in [6.07, 6.45) is -0.106. The summed E-state index contributed by atoms with van der Waals surface area (Å²) in [5, 5.41) is 11.4. The Kier molecular flexibility index (Phi) is 8.17. The van der Waals surface area contributed by atoms with Crippen LogP contribution >= 0.6 is 0 Å². The lowest BCUT2D eigenvalue weighted by molar-refractivity contribution is -0.139. The lowest BCUT2D eigenvalue weighted by Crippen LogP contribution is -2.43. The van der Waals surface area contributed by atoms with Crippen LogP contribution in [0.2, 0.25) is 0 Å². The molecule has 10 heteroatoms. The molecule has 8 nitrogen and oxygen atoms in total. The van der Waals surface area contributed by atoms with E-state index in [1.807, 2.05) is 0 Å². The summed E-state index contributed by atoms with van der Waals surface area (Å²) in [5.41, 5.74) is -0.752. The van der Waals surface area contributed by atoms with Crippen molar-refractivity contribution in [3.05, 3.63) is 30.1 Å². The van der Waals surface area contributed by atoms with Gasteiger partial charge in [0.1, 0.15) is 22.4 Å². The van der Waals surface area contributed by atoms with Gasteiger partial charge in [-0.05, 0) is 52.2 Å². The van der Waals surface area contributed by atoms with E-state index in [0.29, 0.717) is 12.8 Å². The van der Waals surface area contributed by atoms with E-state index in [0.717, 1.165) is 12.1 Å². The zero-order valence-electron chi connectivity index (χ0n) is 15.5. The smallest absolute Gasteiger partial charge is 0.408 e. The third-order valence-corrected chi connectivity index (χ3v) is 4.82. The van der Waals surface area contributed by atoms with Crippen LogP contribution in [0.1, 0.15) is 40.0 Å². The molecule has 0 aliphatic carbocycles. The van der Waals surface area contributed by atoms with E-state index in [-0.39, 0.29) is 13.0 Å². The molecule has 0 aliphatic rings. The number of benzene rings is 1. The van der Waals surface area contributed by atoms with Gasteiger partial charge in [-0.2, -0.15) is 0 Å². The van der Waals surface area contributed by atoms with Crippen LogP contribution in [0.15, 0.2) is 29.2 Å². The van der Waals surface area contributed by atoms with Crippen LogP contribution in [0.4, 0.5) is 9.18 Å². The second-order valence-corrected chi connectivity index (χ2v) is 8.60. The minimum atomic E-state index is -3.98. The monoisotopic (exact) mass is 404 g/mol. The number of aliphatic carboxylic acids is 1. The van der Waals surface area contributed by atoms with E-state index >= 15 is 0 Å². The molecule has 0 fully saturated rings. The fourth-order valence-corrected chi connectivity index (χ4v) is 3.28. The number of carbonyl (C=O) groups is 2. The van der Waals surface area contributed by atoms with E-state index < -0.39 is 44.4 Å². The number of rotatable bonds is 9. The molecule has 0 saturated carbocycles. The third kappa shape index (κ3) is 8.35. The maximum Gasteiger partial charge on any atom is 0.408 e. The predicted molar refractivity (Wildman–Crippen MR) is 96.2 cm³/mol. The third-order valence-electron chi connectivity index (χ3n) is 3.33. The van der Waals surface area contributed by atoms with Gasteiger partial charge in [-0.25, -0.2) is 27.1 Å². The quantitative estimate of drug-likeness (QED) is 0.543. The number of unbranched alkanes of at least 4 members (excludes halogenated alkanes) is 1. The molecule has 0 aromatic heterocycles. The summed E-state index contributed by atoms with van der Waals surface area (Å²) in [6.45, 7) is 4.98. The molecule has 1 rings (SSSR count). The Bertz CT molecular complexity index is 761. The molecular formula is C17H25FN2O6S. The van der Waals surface area contributed by atoms with Crippen molar-refractivity contribution >= 4 is 22.1 Å². The lowest BCUT2D eigenvalue weighted by Gasteiger charge is -2.22. The summed E-state index contributed by atoms with van der Waals surface area (Å²) in [7, 11) is -3.98. The first-order chi connectivity index (χ1) is 12.4. The van der Waals surface area contributed by atoms with Gasteiger partial charge in [-0.1, -0.05) is 12.1 Å². The number of alkyl carbamates (subject to hydrolysis) is 1. The molecule has 0 saturated heterocycles. The van der Waals surface area contributed by atoms with Gasteiger partial charge in [0, 0.05) is 6.54 Å². The van der Waals surface area contributed by atoms with Crippen molar-refractivity contribution in [3.8, 4) is 0 Å². The van der Waals surface area contributed by atoms with Crippen LogP contribution in [0.5, 0.6) is 0 Å². The predicted octanol–water partition coefficient (Wildman–Crippen LogP) is 2.25. The molecule has 152 valence electrons. The highest BCUT2D eigenvalue weighted by Crippen LogP contribution is 2.13. The lowest BCUT2D eigenvalue weighted by atomic mass is 10.1. The van der Waals surface area contributed by atoms with Crippen molar-refractivity contribution in [1.82, 2.24) is 10.0 Å². The maximum atomic E-state index is 13.6. The van der Waals surface area contributed by atoms with Crippen LogP contribution in [0.25, 0.3) is 0 Å². The highest BCUT2D eigenvalue weighted by atomic mass is 32.2. The topological polar surface area (TPSA) is 122 Å². The van der Waals surface area contributed by atoms with Crippen molar-refractivity contribution in [3.63, 3.8) is 0 Å². The maximum absolute atomic E-state index is 13.6. The summed E-state index contributed by atoms with van der Waals surface area (Å²) < 4.78 is 44.9. The Labute approximate surface area is 158 Å². The van der Waals surface area contributed by atoms with Crippen molar-refractivity contribution in [2.45, 2.75) is 56.6 Å². The van der Waals surface area contributed by atoms with E-state index in [1.54, 1.807) is 20.8 Å². The normalized spacial score (nSPS) is 13.0. The van der Waals surface area contributed by atoms with Gasteiger partial charge >= 0.3 is 12.1 Å². The van der Waals surface area contributed by atoms with Crippen molar-refractivity contribution < 1.29 is 32.2 Å². The SMILES string of the molecule is CC(C)(C)OC(=O)NC(CCCCNS(=O)(=O)c1ccccc1F)C(=O)O. The highest BCUT2D eigenvalue weighted by Gasteiger charge is 2.23. The molecule has 1 aromatic carbocycles. The first-order valence-corrected chi connectivity index (χ1v) is 9.87. The van der Waals surface area contributed by atoms with Crippen LogP contribution in [0.3, 0.4) is 0 Å². The summed E-state index contributed by atoms with van der Waals surface area (Å²) in [4.78, 5) is 22.4. The van der Waals surface area contributed by atoms with Crippen LogP contribution in [-0.4, -0.2) is 43.8 Å². The zero-order chi connectivity index (χ0) is 20.7. The number of hydrogen-bond donors (Lipinski definition) is 3. The highest BCUT2D eigenvalue weighted by molar-refractivity contribution is 7.89. The second-order valence-electron chi connectivity index (χ2n) is 6.86. The number of carbonyl (C=O) groups excluding carboxylic acids is 1. The number of halogens is 1. The first kappa shape index (κ1) is 22.8. The van der Waals surface area contributed by atoms with E-state index in [9.17, 15) is 22.4 Å². The van der Waals surface area contributed by atoms with Crippen LogP contribution in [-0.2, 0) is 19.6 Å². The van der Waals surface area contributed by atoms with E-state index in [1.165, 1.54) is 12.1 Å². The van der Waals surface area contributed by atoms with Gasteiger partial charge in [0.2, 0.25) is 10.0 Å². The van der Waals surface area contributed by atoms with Crippen molar-refractivity contribution in [2.24, 2.45) is 0 Å². The number of amides is 1. The van der Waals surface area contributed by atoms with Gasteiger partial charge in [-0.15, -0.1) is 0 Å². The van der Waals surface area contributed by atoms with E-state index in [2.05, 4.69) is 10.0 Å². The summed E-state index contributed by atoms with van der Waals surface area (Å²) in [6, 6.07) is 3.86. The Morgan fingerprint density at radius 3 is 2.41 bits per heavy atom. The van der Waals surface area contributed by atoms with Gasteiger partial charge in [0.15, 0.2) is 0 Å². The first-order valence-electron chi connectivity index (χ1n) is 8.39. The number of sulfonamides is 1. The Hall–Kier alpha value is -2.20. The minimum absolute atomic E-state index is 0.00937. The van der Waals surface area contributed by atoms with Gasteiger partial charge in [0.25, 0.3) is 0 Å². The molecule has 3 N–H and O–H groups in total. The molecule has 1 aromatic rings. The van der Waals surface area contributed by atoms with Gasteiger partial charge < -0.3 is 15.2 Å². The van der Waals surface area contributed by atoms with Gasteiger partial charge in [-0.3, -0.25) is 0 Å². The Balaban J connectivity index is 2.45. The minimum Gasteiger partial charge on any atom is -0.480 e. The fraction of sp³-hybridized carbons (Fsp3) is 0.529. The molecule has 1 amide bonds. The molecule has 1 atom stereocenters. The summed E-state index contributed by atoms with van der Waals surface area (Å²) in [5.74, 6) is -2.06. The van der Waals surface area contributed by atoms with E-state index in [4.69, 9.17) is 9.84 Å². The second kappa shape index (κ2) is 9.65. The fourth-order valence-electron chi connectivity index (χ4n) is 2.13. The standard InChI is InChI=1S/C17H25FN2O6S/c1-17(2,3)26-16(23)20-13(15(21)22)9-6-7-11-19-27(24,25)14-10-5-4-8-12(14)18/h4-5,8,10,13,19H,6-7,9,11H2,1-3H3,(H,20,23)(H,21,22). The molecule has 0 bridgehead atoms. The molecule has 0 spiro atoms. The summed E-state index contributed by atoms with van der Waals surface area (Å²) >= 11 is 0. The molecule has 0 heterocycles. The number of hydrogen-bond acceptors (Lipinski definition) is 5. The van der Waals surface area contributed by atoms with Crippen molar-refractivity contribution in [2.75, 3.05) is 6.54 Å². The Morgan fingerprint density at radius 2 is 1.85 bits per heavy atom. The molecular weight excluding hydrogens is 379 g/mol. The van der Waals surface area contributed by atoms with Crippen LogP contribution in [0, 0.1) is 5.82 Å². The zero-order valence-corrected chi connectivity index (χ0v) is 16.3. The molecule has 27 heavy (non-hydrogen) atoms. The average molecular weight is 404 g/mol. The number of ether oxygens (including phenoxy) is 1. The van der Waals surface area contributed by atoms with Crippen LogP contribution < -0.4 is 10.0 Å². The largest absolute Gasteiger partial charge is 0.480 e. The number of carboxylic acid groups (broad SMARTS) is 1.